The van der Waals surface area contributed by atoms with Gasteiger partial charge in [-0.15, -0.1) is 0 Å². The van der Waals surface area contributed by atoms with Crippen molar-refractivity contribution in [1.29, 1.82) is 0 Å². The predicted molar refractivity (Wildman–Crippen MR) is 113 cm³/mol. The van der Waals surface area contributed by atoms with E-state index in [1.165, 1.54) is 22.3 Å². The van der Waals surface area contributed by atoms with Crippen LogP contribution < -0.4 is 10.1 Å². The second kappa shape index (κ2) is 8.64. The molecule has 4 heteroatoms. The zero-order valence-corrected chi connectivity index (χ0v) is 17.3. The van der Waals surface area contributed by atoms with Gasteiger partial charge in [0.15, 0.2) is 0 Å². The van der Waals surface area contributed by atoms with Crippen LogP contribution >= 0.6 is 0 Å². The molecule has 2 aromatic carbocycles. The van der Waals surface area contributed by atoms with Crippen molar-refractivity contribution in [3.63, 3.8) is 0 Å². The van der Waals surface area contributed by atoms with Gasteiger partial charge in [0.25, 0.3) is 0 Å². The van der Waals surface area contributed by atoms with Crippen LogP contribution in [-0.2, 0) is 11.3 Å². The molecule has 2 aliphatic rings. The zero-order chi connectivity index (χ0) is 19.5. The van der Waals surface area contributed by atoms with E-state index in [-0.39, 0.29) is 0 Å². The Morgan fingerprint density at radius 2 is 1.96 bits per heavy atom. The van der Waals surface area contributed by atoms with Crippen LogP contribution in [0.5, 0.6) is 5.75 Å². The summed E-state index contributed by atoms with van der Waals surface area (Å²) in [5, 5.41) is 3.73. The SMILES string of the molecule is COc1cc(CN2CCNC(c3ccccc3C(C)C)C2)ccc1C1COC1. The molecule has 2 fully saturated rings. The fourth-order valence-electron chi connectivity index (χ4n) is 4.38. The maximum Gasteiger partial charge on any atom is 0.122 e. The van der Waals surface area contributed by atoms with Gasteiger partial charge in [-0.1, -0.05) is 50.2 Å². The standard InChI is InChI=1S/C24H32N2O2/c1-17(2)20-6-4-5-7-22(20)23-14-26(11-10-25-23)13-18-8-9-21(19-15-28-16-19)24(12-18)27-3/h4-9,12,17,19,23,25H,10-11,13-16H2,1-3H3. The molecule has 0 spiro atoms. The summed E-state index contributed by atoms with van der Waals surface area (Å²) in [6.45, 7) is 10.3. The van der Waals surface area contributed by atoms with E-state index in [0.29, 0.717) is 17.9 Å². The van der Waals surface area contributed by atoms with E-state index < -0.39 is 0 Å². The number of hydrogen-bond acceptors (Lipinski definition) is 4. The molecule has 4 nitrogen and oxygen atoms in total. The largest absolute Gasteiger partial charge is 0.496 e. The summed E-state index contributed by atoms with van der Waals surface area (Å²) >= 11 is 0. The predicted octanol–water partition coefficient (Wildman–Crippen LogP) is 4.08. The number of ether oxygens (including phenoxy) is 2. The maximum absolute atomic E-state index is 5.68. The quantitative estimate of drug-likeness (QED) is 0.819. The van der Waals surface area contributed by atoms with Crippen molar-refractivity contribution in [2.45, 2.75) is 38.3 Å². The van der Waals surface area contributed by atoms with Crippen molar-refractivity contribution in [1.82, 2.24) is 10.2 Å². The lowest BCUT2D eigenvalue weighted by atomic mass is 9.91. The number of nitrogens with zero attached hydrogens (tertiary/aromatic N) is 1. The van der Waals surface area contributed by atoms with Crippen molar-refractivity contribution in [3.05, 3.63) is 64.7 Å². The molecular formula is C24H32N2O2. The Hall–Kier alpha value is -1.88. The molecular weight excluding hydrogens is 348 g/mol. The average molecular weight is 381 g/mol. The second-order valence-electron chi connectivity index (χ2n) is 8.34. The van der Waals surface area contributed by atoms with Gasteiger partial charge in [0, 0.05) is 43.7 Å². The van der Waals surface area contributed by atoms with E-state index in [1.807, 2.05) is 0 Å². The van der Waals surface area contributed by atoms with Gasteiger partial charge < -0.3 is 14.8 Å². The minimum absolute atomic E-state index is 0.389. The Labute approximate surface area is 168 Å². The van der Waals surface area contributed by atoms with Crippen molar-refractivity contribution in [2.24, 2.45) is 0 Å². The van der Waals surface area contributed by atoms with Crippen LogP contribution in [0.1, 0.15) is 54.0 Å². The summed E-state index contributed by atoms with van der Waals surface area (Å²) in [5.41, 5.74) is 5.50. The Morgan fingerprint density at radius 1 is 1.14 bits per heavy atom. The summed E-state index contributed by atoms with van der Waals surface area (Å²) in [6.07, 6.45) is 0. The summed E-state index contributed by atoms with van der Waals surface area (Å²) in [4.78, 5) is 2.55. The highest BCUT2D eigenvalue weighted by atomic mass is 16.5. The molecule has 1 N–H and O–H groups in total. The number of methoxy groups -OCH3 is 1. The monoisotopic (exact) mass is 380 g/mol. The van der Waals surface area contributed by atoms with Crippen LogP contribution in [0.2, 0.25) is 0 Å². The van der Waals surface area contributed by atoms with E-state index in [0.717, 1.165) is 45.1 Å². The number of rotatable bonds is 6. The molecule has 0 aromatic heterocycles. The minimum Gasteiger partial charge on any atom is -0.496 e. The molecule has 0 bridgehead atoms. The highest BCUT2D eigenvalue weighted by Gasteiger charge is 2.26. The molecule has 0 amide bonds. The normalized spacial score (nSPS) is 20.9. The van der Waals surface area contributed by atoms with Gasteiger partial charge in [0.2, 0.25) is 0 Å². The molecule has 2 aliphatic heterocycles. The van der Waals surface area contributed by atoms with Crippen molar-refractivity contribution >= 4 is 0 Å². The van der Waals surface area contributed by atoms with Gasteiger partial charge in [-0.3, -0.25) is 4.90 Å². The van der Waals surface area contributed by atoms with Crippen molar-refractivity contribution in [2.75, 3.05) is 40.0 Å². The van der Waals surface area contributed by atoms with Crippen molar-refractivity contribution in [3.8, 4) is 5.75 Å². The number of piperazine rings is 1. The summed E-state index contributed by atoms with van der Waals surface area (Å²) in [6, 6.07) is 16.0. The molecule has 0 saturated carbocycles. The van der Waals surface area contributed by atoms with Gasteiger partial charge in [0.05, 0.1) is 20.3 Å². The number of benzene rings is 2. The Morgan fingerprint density at radius 3 is 2.68 bits per heavy atom. The van der Waals surface area contributed by atoms with Gasteiger partial charge in [-0.2, -0.15) is 0 Å². The van der Waals surface area contributed by atoms with Crippen LogP contribution in [-0.4, -0.2) is 44.9 Å². The van der Waals surface area contributed by atoms with Gasteiger partial charge >= 0.3 is 0 Å². The summed E-state index contributed by atoms with van der Waals surface area (Å²) in [5.74, 6) is 2.03. The van der Waals surface area contributed by atoms with E-state index in [1.54, 1.807) is 7.11 Å². The van der Waals surface area contributed by atoms with Crippen LogP contribution in [0.4, 0.5) is 0 Å². The molecule has 2 saturated heterocycles. The molecule has 150 valence electrons. The molecule has 2 aromatic rings. The molecule has 4 rings (SSSR count). The van der Waals surface area contributed by atoms with Crippen LogP contribution in [0.25, 0.3) is 0 Å². The van der Waals surface area contributed by atoms with Gasteiger partial charge in [-0.25, -0.2) is 0 Å². The Balaban J connectivity index is 1.47. The number of hydrogen-bond donors (Lipinski definition) is 1. The minimum atomic E-state index is 0.389. The van der Waals surface area contributed by atoms with E-state index in [4.69, 9.17) is 9.47 Å². The van der Waals surface area contributed by atoms with Gasteiger partial charge in [0.1, 0.15) is 5.75 Å². The first-order valence-electron chi connectivity index (χ1n) is 10.4. The lowest BCUT2D eigenvalue weighted by molar-refractivity contribution is 0.00751. The van der Waals surface area contributed by atoms with Crippen LogP contribution in [0.3, 0.4) is 0 Å². The zero-order valence-electron chi connectivity index (χ0n) is 17.3. The molecule has 1 atom stereocenters. The number of nitrogens with one attached hydrogen (secondary N) is 1. The van der Waals surface area contributed by atoms with E-state index >= 15 is 0 Å². The lowest BCUT2D eigenvalue weighted by Crippen LogP contribution is -2.45. The van der Waals surface area contributed by atoms with E-state index in [9.17, 15) is 0 Å². The van der Waals surface area contributed by atoms with Gasteiger partial charge in [-0.05, 0) is 28.7 Å². The Kier molecular flexibility index (Phi) is 6.00. The highest BCUT2D eigenvalue weighted by molar-refractivity contribution is 5.41. The molecule has 0 aliphatic carbocycles. The fraction of sp³-hybridized carbons (Fsp3) is 0.500. The third-order valence-corrected chi connectivity index (χ3v) is 6.03. The average Bonchev–Trinajstić information content (AvgIpc) is 2.68. The topological polar surface area (TPSA) is 33.7 Å². The maximum atomic E-state index is 5.68. The third-order valence-electron chi connectivity index (χ3n) is 6.03. The van der Waals surface area contributed by atoms with Crippen molar-refractivity contribution < 1.29 is 9.47 Å². The first kappa shape index (κ1) is 19.4. The third kappa shape index (κ3) is 4.09. The fourth-order valence-corrected chi connectivity index (χ4v) is 4.38. The van der Waals surface area contributed by atoms with E-state index in [2.05, 4.69) is 66.5 Å². The van der Waals surface area contributed by atoms with Crippen LogP contribution in [0.15, 0.2) is 42.5 Å². The molecule has 28 heavy (non-hydrogen) atoms. The molecule has 2 heterocycles. The molecule has 0 radical (unpaired) electrons. The second-order valence-corrected chi connectivity index (χ2v) is 8.34. The summed E-state index contributed by atoms with van der Waals surface area (Å²) < 4.78 is 11.0. The first-order valence-corrected chi connectivity index (χ1v) is 10.4. The smallest absolute Gasteiger partial charge is 0.122 e. The molecule has 1 unspecified atom stereocenters. The van der Waals surface area contributed by atoms with Crippen LogP contribution in [0, 0.1) is 0 Å². The Bertz CT molecular complexity index is 801. The highest BCUT2D eigenvalue weighted by Crippen LogP contribution is 2.33. The summed E-state index contributed by atoms with van der Waals surface area (Å²) in [7, 11) is 1.77. The first-order chi connectivity index (χ1) is 13.7. The lowest BCUT2D eigenvalue weighted by Gasteiger charge is -2.35.